The Balaban J connectivity index is 1.16. The van der Waals surface area contributed by atoms with E-state index in [0.717, 1.165) is 28.3 Å². The Morgan fingerprint density at radius 3 is 1.81 bits per heavy atom. The highest BCUT2D eigenvalue weighted by atomic mass is 32.1. The number of aromatic nitrogens is 1. The van der Waals surface area contributed by atoms with E-state index < -0.39 is 0 Å². The molecule has 12 rings (SSSR count). The summed E-state index contributed by atoms with van der Waals surface area (Å²) in [5.41, 5.74) is 9.27. The molecule has 266 valence electrons. The second-order valence-electron chi connectivity index (χ2n) is 14.9. The number of rotatable bonds is 5. The molecule has 0 saturated carbocycles. The normalized spacial score (nSPS) is 11.9. The highest BCUT2D eigenvalue weighted by Crippen LogP contribution is 2.49. The summed E-state index contributed by atoms with van der Waals surface area (Å²) in [5, 5.41) is 12.6. The predicted octanol–water partition coefficient (Wildman–Crippen LogP) is 15.7. The minimum atomic E-state index is 1.12. The van der Waals surface area contributed by atoms with Crippen LogP contribution >= 0.6 is 11.3 Å². The number of anilines is 3. The Hall–Kier alpha value is -7.20. The monoisotopic (exact) mass is 742 g/mol. The molecule has 0 aliphatic carbocycles. The van der Waals surface area contributed by atoms with Crippen LogP contribution in [0, 0.1) is 0 Å². The fourth-order valence-corrected chi connectivity index (χ4v) is 10.3. The maximum absolute atomic E-state index is 2.51. The molecule has 2 nitrogen and oxygen atoms in total. The van der Waals surface area contributed by atoms with E-state index in [0.29, 0.717) is 0 Å². The topological polar surface area (TPSA) is 8.17 Å². The fraction of sp³-hybridized carbons (Fsp3) is 0. The van der Waals surface area contributed by atoms with E-state index in [2.05, 4.69) is 216 Å². The largest absolute Gasteiger partial charge is 0.309 e. The summed E-state index contributed by atoms with van der Waals surface area (Å²) in [4.78, 5) is 2.51. The van der Waals surface area contributed by atoms with Crippen LogP contribution in [0.15, 0.2) is 206 Å². The summed E-state index contributed by atoms with van der Waals surface area (Å²) in [6.45, 7) is 0. The number of thiophene rings is 1. The number of fused-ring (bicyclic) bond motifs is 11. The molecule has 10 aromatic carbocycles. The molecule has 57 heavy (non-hydrogen) atoms. The van der Waals surface area contributed by atoms with Crippen LogP contribution in [0.4, 0.5) is 17.1 Å². The van der Waals surface area contributed by atoms with E-state index in [9.17, 15) is 0 Å². The van der Waals surface area contributed by atoms with Gasteiger partial charge in [0.05, 0.1) is 22.4 Å². The van der Waals surface area contributed by atoms with Gasteiger partial charge < -0.3 is 9.47 Å². The number of para-hydroxylation sites is 2. The SMILES string of the molecule is c1ccc(-c2cc(-n3c4ccccc4c4ccccc43)ccc2N(c2ccc3c(ccc4ccc5ccccc5c43)c2)c2cccc3sc4ccccc4c23)cc1. The summed E-state index contributed by atoms with van der Waals surface area (Å²) in [7, 11) is 0. The van der Waals surface area contributed by atoms with Crippen LogP contribution < -0.4 is 4.90 Å². The molecule has 0 radical (unpaired) electrons. The van der Waals surface area contributed by atoms with E-state index in [-0.39, 0.29) is 0 Å². The lowest BCUT2D eigenvalue weighted by Crippen LogP contribution is -2.12. The van der Waals surface area contributed by atoms with Crippen LogP contribution in [-0.4, -0.2) is 4.57 Å². The average molecular weight is 743 g/mol. The zero-order valence-corrected chi connectivity index (χ0v) is 31.7. The van der Waals surface area contributed by atoms with Crippen molar-refractivity contribution >= 4 is 103 Å². The van der Waals surface area contributed by atoms with Gasteiger partial charge in [-0.3, -0.25) is 0 Å². The zero-order valence-electron chi connectivity index (χ0n) is 30.9. The first-order valence-electron chi connectivity index (χ1n) is 19.5. The Labute approximate surface area is 333 Å². The Morgan fingerprint density at radius 2 is 1.00 bits per heavy atom. The Morgan fingerprint density at radius 1 is 0.368 bits per heavy atom. The van der Waals surface area contributed by atoms with E-state index >= 15 is 0 Å². The zero-order chi connectivity index (χ0) is 37.5. The molecule has 0 bridgehead atoms. The highest BCUT2D eigenvalue weighted by Gasteiger charge is 2.23. The lowest BCUT2D eigenvalue weighted by molar-refractivity contribution is 1.17. The smallest absolute Gasteiger partial charge is 0.0555 e. The van der Waals surface area contributed by atoms with Crippen LogP contribution in [0.25, 0.3) is 91.1 Å². The minimum Gasteiger partial charge on any atom is -0.309 e. The first-order chi connectivity index (χ1) is 28.3. The van der Waals surface area contributed by atoms with Crippen molar-refractivity contribution in [3.8, 4) is 16.8 Å². The van der Waals surface area contributed by atoms with E-state index in [4.69, 9.17) is 0 Å². The molecule has 0 N–H and O–H groups in total. The maximum Gasteiger partial charge on any atom is 0.0555 e. The van der Waals surface area contributed by atoms with Gasteiger partial charge in [-0.25, -0.2) is 0 Å². The lowest BCUT2D eigenvalue weighted by Gasteiger charge is -2.29. The molecule has 0 unspecified atom stereocenters. The van der Waals surface area contributed by atoms with Crippen molar-refractivity contribution in [3.63, 3.8) is 0 Å². The van der Waals surface area contributed by atoms with Crippen molar-refractivity contribution in [1.29, 1.82) is 0 Å². The number of hydrogen-bond donors (Lipinski definition) is 0. The van der Waals surface area contributed by atoms with Crippen LogP contribution in [0.3, 0.4) is 0 Å². The second-order valence-corrected chi connectivity index (χ2v) is 16.0. The van der Waals surface area contributed by atoms with Crippen LogP contribution in [-0.2, 0) is 0 Å². The molecule has 3 heteroatoms. The standard InChI is InChI=1S/C54H34N2S/c1-2-13-35(14-3-1)46-34-40(55-47-20-9-6-17-43(47)44-18-7-10-21-48(44)55)30-32-49(46)56(50-22-12-24-52-54(50)45-19-8-11-23-51(45)57-52)39-29-31-42-38(33-39)28-27-37-26-25-36-15-4-5-16-41(36)53(37)42/h1-34H. The van der Waals surface area contributed by atoms with Gasteiger partial charge in [0.25, 0.3) is 0 Å². The predicted molar refractivity (Wildman–Crippen MR) is 246 cm³/mol. The third kappa shape index (κ3) is 4.96. The van der Waals surface area contributed by atoms with Gasteiger partial charge >= 0.3 is 0 Å². The molecule has 0 aliphatic heterocycles. The first-order valence-corrected chi connectivity index (χ1v) is 20.3. The third-order valence-electron chi connectivity index (χ3n) is 11.7. The summed E-state index contributed by atoms with van der Waals surface area (Å²) >= 11 is 1.86. The summed E-state index contributed by atoms with van der Waals surface area (Å²) in [5.74, 6) is 0. The van der Waals surface area contributed by atoms with Gasteiger partial charge in [0.2, 0.25) is 0 Å². The molecule has 0 amide bonds. The highest BCUT2D eigenvalue weighted by molar-refractivity contribution is 7.26. The van der Waals surface area contributed by atoms with Crippen molar-refractivity contribution in [1.82, 2.24) is 4.57 Å². The van der Waals surface area contributed by atoms with Crippen molar-refractivity contribution in [2.75, 3.05) is 4.90 Å². The Bertz CT molecular complexity index is 3480. The molecular weight excluding hydrogens is 709 g/mol. The van der Waals surface area contributed by atoms with Crippen molar-refractivity contribution in [3.05, 3.63) is 206 Å². The molecular formula is C54H34N2S. The Kier molecular flexibility index (Phi) is 7.13. The van der Waals surface area contributed by atoms with Crippen molar-refractivity contribution in [2.24, 2.45) is 0 Å². The first kappa shape index (κ1) is 32.1. The lowest BCUT2D eigenvalue weighted by atomic mass is 9.95. The fourth-order valence-electron chi connectivity index (χ4n) is 9.22. The van der Waals surface area contributed by atoms with Crippen molar-refractivity contribution in [2.45, 2.75) is 0 Å². The van der Waals surface area contributed by atoms with E-state index in [1.807, 2.05) is 11.3 Å². The van der Waals surface area contributed by atoms with E-state index in [1.165, 1.54) is 79.9 Å². The van der Waals surface area contributed by atoms with Crippen LogP contribution in [0.1, 0.15) is 0 Å². The molecule has 0 saturated heterocycles. The average Bonchev–Trinajstić information content (AvgIpc) is 3.83. The van der Waals surface area contributed by atoms with Crippen LogP contribution in [0.5, 0.6) is 0 Å². The van der Waals surface area contributed by atoms with Gasteiger partial charge in [-0.05, 0) is 98.5 Å². The molecule has 0 atom stereocenters. The van der Waals surface area contributed by atoms with E-state index in [1.54, 1.807) is 0 Å². The maximum atomic E-state index is 2.51. The number of benzene rings is 10. The van der Waals surface area contributed by atoms with Gasteiger partial charge in [0, 0.05) is 47.9 Å². The molecule has 2 aromatic heterocycles. The van der Waals surface area contributed by atoms with Crippen molar-refractivity contribution < 1.29 is 0 Å². The third-order valence-corrected chi connectivity index (χ3v) is 12.9. The summed E-state index contributed by atoms with van der Waals surface area (Å²) in [6.07, 6.45) is 0. The quantitative estimate of drug-likeness (QED) is 0.159. The summed E-state index contributed by atoms with van der Waals surface area (Å²) in [6, 6.07) is 75.9. The number of hydrogen-bond acceptors (Lipinski definition) is 2. The molecule has 0 aliphatic rings. The second kappa shape index (κ2) is 12.7. The van der Waals surface area contributed by atoms with Gasteiger partial charge in [-0.1, -0.05) is 146 Å². The minimum absolute atomic E-state index is 1.12. The van der Waals surface area contributed by atoms with Gasteiger partial charge in [-0.15, -0.1) is 11.3 Å². The van der Waals surface area contributed by atoms with Gasteiger partial charge in [-0.2, -0.15) is 0 Å². The van der Waals surface area contributed by atoms with Crippen LogP contribution in [0.2, 0.25) is 0 Å². The van der Waals surface area contributed by atoms with Gasteiger partial charge in [0.15, 0.2) is 0 Å². The van der Waals surface area contributed by atoms with Gasteiger partial charge in [0.1, 0.15) is 0 Å². The number of nitrogens with zero attached hydrogens (tertiary/aromatic N) is 2. The summed E-state index contributed by atoms with van der Waals surface area (Å²) < 4.78 is 4.99. The molecule has 12 aromatic rings. The molecule has 2 heterocycles. The molecule has 0 spiro atoms. The molecule has 0 fully saturated rings.